The SMILES string of the molecule is CC(C)CCC(C)Nc1c(N)cnc2ccc(Br)cc12. The molecule has 4 heteroatoms. The molecule has 3 nitrogen and oxygen atoms in total. The van der Waals surface area contributed by atoms with E-state index in [1.165, 1.54) is 6.42 Å². The number of pyridine rings is 1. The molecule has 1 heterocycles. The van der Waals surface area contributed by atoms with Gasteiger partial charge >= 0.3 is 0 Å². The summed E-state index contributed by atoms with van der Waals surface area (Å²) in [5.41, 5.74) is 8.75. The van der Waals surface area contributed by atoms with E-state index >= 15 is 0 Å². The Morgan fingerprint density at radius 2 is 2.00 bits per heavy atom. The summed E-state index contributed by atoms with van der Waals surface area (Å²) in [6.07, 6.45) is 4.07. The van der Waals surface area contributed by atoms with Crippen LogP contribution in [0.3, 0.4) is 0 Å². The van der Waals surface area contributed by atoms with Gasteiger partial charge in [-0.2, -0.15) is 0 Å². The highest BCUT2D eigenvalue weighted by atomic mass is 79.9. The second-order valence-electron chi connectivity index (χ2n) is 5.77. The molecule has 1 aromatic heterocycles. The smallest absolute Gasteiger partial charge is 0.0743 e. The summed E-state index contributed by atoms with van der Waals surface area (Å²) < 4.78 is 1.04. The molecular formula is C16H22BrN3. The number of halogens is 1. The Morgan fingerprint density at radius 3 is 2.70 bits per heavy atom. The van der Waals surface area contributed by atoms with Crippen molar-refractivity contribution in [3.63, 3.8) is 0 Å². The van der Waals surface area contributed by atoms with E-state index in [2.05, 4.69) is 53.1 Å². The van der Waals surface area contributed by atoms with Crippen LogP contribution in [-0.4, -0.2) is 11.0 Å². The number of anilines is 2. The molecule has 0 bridgehead atoms. The average molecular weight is 336 g/mol. The van der Waals surface area contributed by atoms with Crippen LogP contribution in [-0.2, 0) is 0 Å². The van der Waals surface area contributed by atoms with Gasteiger partial charge in [0.25, 0.3) is 0 Å². The molecule has 0 amide bonds. The lowest BCUT2D eigenvalue weighted by atomic mass is 10.0. The van der Waals surface area contributed by atoms with Gasteiger partial charge in [0.1, 0.15) is 0 Å². The lowest BCUT2D eigenvalue weighted by molar-refractivity contribution is 0.528. The van der Waals surface area contributed by atoms with Crippen LogP contribution in [0.15, 0.2) is 28.9 Å². The Hall–Kier alpha value is -1.29. The summed E-state index contributed by atoms with van der Waals surface area (Å²) in [4.78, 5) is 4.38. The number of hydrogen-bond donors (Lipinski definition) is 2. The van der Waals surface area contributed by atoms with E-state index in [-0.39, 0.29) is 0 Å². The normalized spacial score (nSPS) is 12.8. The quantitative estimate of drug-likeness (QED) is 0.823. The Bertz CT molecular complexity index is 590. The van der Waals surface area contributed by atoms with E-state index in [4.69, 9.17) is 5.73 Å². The zero-order valence-electron chi connectivity index (χ0n) is 12.3. The number of nitrogens with zero attached hydrogens (tertiary/aromatic N) is 1. The number of rotatable bonds is 5. The molecule has 1 atom stereocenters. The van der Waals surface area contributed by atoms with E-state index in [1.807, 2.05) is 12.1 Å². The maximum Gasteiger partial charge on any atom is 0.0743 e. The third kappa shape index (κ3) is 3.63. The Balaban J connectivity index is 2.28. The van der Waals surface area contributed by atoms with E-state index < -0.39 is 0 Å². The summed E-state index contributed by atoms with van der Waals surface area (Å²) in [6, 6.07) is 6.46. The van der Waals surface area contributed by atoms with Crippen molar-refractivity contribution in [2.75, 3.05) is 11.1 Å². The maximum absolute atomic E-state index is 6.10. The number of benzene rings is 1. The molecule has 1 unspecified atom stereocenters. The molecule has 20 heavy (non-hydrogen) atoms. The molecule has 0 aliphatic rings. The van der Waals surface area contributed by atoms with Gasteiger partial charge in [0.15, 0.2) is 0 Å². The predicted octanol–water partition coefficient (Wildman–Crippen LogP) is 4.82. The largest absolute Gasteiger partial charge is 0.396 e. The van der Waals surface area contributed by atoms with Crippen molar-refractivity contribution >= 4 is 38.2 Å². The maximum atomic E-state index is 6.10. The van der Waals surface area contributed by atoms with Crippen molar-refractivity contribution in [1.29, 1.82) is 0 Å². The predicted molar refractivity (Wildman–Crippen MR) is 91.0 cm³/mol. The van der Waals surface area contributed by atoms with Crippen molar-refractivity contribution in [2.45, 2.75) is 39.7 Å². The highest BCUT2D eigenvalue weighted by molar-refractivity contribution is 9.10. The molecule has 2 aromatic rings. The lowest BCUT2D eigenvalue weighted by Gasteiger charge is -2.19. The number of nitrogen functional groups attached to an aromatic ring is 1. The van der Waals surface area contributed by atoms with Crippen molar-refractivity contribution < 1.29 is 0 Å². The van der Waals surface area contributed by atoms with Crippen LogP contribution in [0.2, 0.25) is 0 Å². The number of fused-ring (bicyclic) bond motifs is 1. The second kappa shape index (κ2) is 6.44. The Kier molecular flexibility index (Phi) is 4.86. The minimum Gasteiger partial charge on any atom is -0.396 e. The lowest BCUT2D eigenvalue weighted by Crippen LogP contribution is -2.17. The Labute approximate surface area is 129 Å². The first-order valence-corrected chi connectivity index (χ1v) is 7.87. The summed E-state index contributed by atoms with van der Waals surface area (Å²) >= 11 is 3.51. The van der Waals surface area contributed by atoms with Gasteiger partial charge < -0.3 is 11.1 Å². The van der Waals surface area contributed by atoms with Gasteiger partial charge in [-0.1, -0.05) is 29.8 Å². The molecule has 0 fully saturated rings. The second-order valence-corrected chi connectivity index (χ2v) is 6.68. The van der Waals surface area contributed by atoms with Crippen LogP contribution >= 0.6 is 15.9 Å². The van der Waals surface area contributed by atoms with Crippen LogP contribution in [0.1, 0.15) is 33.6 Å². The number of nitrogens with one attached hydrogen (secondary N) is 1. The molecule has 0 saturated heterocycles. The Morgan fingerprint density at radius 1 is 1.25 bits per heavy atom. The molecule has 0 spiro atoms. The zero-order chi connectivity index (χ0) is 14.7. The van der Waals surface area contributed by atoms with Crippen LogP contribution < -0.4 is 11.1 Å². The first kappa shape index (κ1) is 15.1. The van der Waals surface area contributed by atoms with E-state index in [9.17, 15) is 0 Å². The third-order valence-electron chi connectivity index (χ3n) is 3.43. The highest BCUT2D eigenvalue weighted by Crippen LogP contribution is 2.31. The van der Waals surface area contributed by atoms with Crippen LogP contribution in [0.5, 0.6) is 0 Å². The van der Waals surface area contributed by atoms with Crippen LogP contribution in [0.4, 0.5) is 11.4 Å². The van der Waals surface area contributed by atoms with Gasteiger partial charge in [0.2, 0.25) is 0 Å². The summed E-state index contributed by atoms with van der Waals surface area (Å²) in [6.45, 7) is 6.70. The molecule has 0 aliphatic carbocycles. The van der Waals surface area contributed by atoms with Crippen molar-refractivity contribution in [1.82, 2.24) is 4.98 Å². The summed E-state index contributed by atoms with van der Waals surface area (Å²) in [5.74, 6) is 0.722. The monoisotopic (exact) mass is 335 g/mol. The molecule has 3 N–H and O–H groups in total. The van der Waals surface area contributed by atoms with Gasteiger partial charge in [-0.15, -0.1) is 0 Å². The highest BCUT2D eigenvalue weighted by Gasteiger charge is 2.10. The van der Waals surface area contributed by atoms with E-state index in [0.29, 0.717) is 11.7 Å². The number of aromatic nitrogens is 1. The molecule has 108 valence electrons. The third-order valence-corrected chi connectivity index (χ3v) is 3.92. The number of hydrogen-bond acceptors (Lipinski definition) is 3. The van der Waals surface area contributed by atoms with Gasteiger partial charge in [0.05, 0.1) is 23.1 Å². The first-order chi connectivity index (χ1) is 9.47. The van der Waals surface area contributed by atoms with Crippen molar-refractivity contribution in [2.24, 2.45) is 5.92 Å². The fraction of sp³-hybridized carbons (Fsp3) is 0.438. The first-order valence-electron chi connectivity index (χ1n) is 7.07. The van der Waals surface area contributed by atoms with Crippen molar-refractivity contribution in [3.05, 3.63) is 28.9 Å². The minimum absolute atomic E-state index is 0.393. The zero-order valence-corrected chi connectivity index (χ0v) is 13.9. The fourth-order valence-electron chi connectivity index (χ4n) is 2.24. The standard InChI is InChI=1S/C16H22BrN3/c1-10(2)4-5-11(3)20-16-13-8-12(17)6-7-15(13)19-9-14(16)18/h6-11H,4-5,18H2,1-3H3,(H,19,20). The van der Waals surface area contributed by atoms with Gasteiger partial charge in [-0.3, -0.25) is 4.98 Å². The van der Waals surface area contributed by atoms with Gasteiger partial charge in [-0.25, -0.2) is 0 Å². The van der Waals surface area contributed by atoms with E-state index in [1.54, 1.807) is 6.20 Å². The molecule has 0 radical (unpaired) electrons. The summed E-state index contributed by atoms with van der Waals surface area (Å²) in [5, 5.41) is 4.62. The molecule has 0 saturated carbocycles. The van der Waals surface area contributed by atoms with Gasteiger partial charge in [0, 0.05) is 15.9 Å². The fourth-order valence-corrected chi connectivity index (χ4v) is 2.60. The molecule has 2 rings (SSSR count). The van der Waals surface area contributed by atoms with Gasteiger partial charge in [-0.05, 0) is 43.9 Å². The average Bonchev–Trinajstić information content (AvgIpc) is 2.40. The summed E-state index contributed by atoms with van der Waals surface area (Å²) in [7, 11) is 0. The molecular weight excluding hydrogens is 314 g/mol. The minimum atomic E-state index is 0.393. The van der Waals surface area contributed by atoms with Crippen LogP contribution in [0, 0.1) is 5.92 Å². The van der Waals surface area contributed by atoms with E-state index in [0.717, 1.165) is 33.4 Å². The number of nitrogens with two attached hydrogens (primary N) is 1. The molecule has 0 aliphatic heterocycles. The topological polar surface area (TPSA) is 50.9 Å². The molecule has 1 aromatic carbocycles. The van der Waals surface area contributed by atoms with Crippen LogP contribution in [0.25, 0.3) is 10.9 Å². The van der Waals surface area contributed by atoms with Crippen molar-refractivity contribution in [3.8, 4) is 0 Å².